The lowest BCUT2D eigenvalue weighted by molar-refractivity contribution is -0.117. The van der Waals surface area contributed by atoms with Gasteiger partial charge in [0.05, 0.1) is 12.2 Å². The van der Waals surface area contributed by atoms with Crippen molar-refractivity contribution in [3.63, 3.8) is 0 Å². The molecule has 24 heavy (non-hydrogen) atoms. The van der Waals surface area contributed by atoms with Gasteiger partial charge in [-0.25, -0.2) is 4.98 Å². The Labute approximate surface area is 141 Å². The minimum atomic E-state index is -0.0693. The van der Waals surface area contributed by atoms with E-state index in [-0.39, 0.29) is 5.91 Å². The highest BCUT2D eigenvalue weighted by atomic mass is 16.5. The van der Waals surface area contributed by atoms with Crippen LogP contribution in [0.25, 0.3) is 0 Å². The Bertz CT molecular complexity index is 700. The molecule has 1 saturated heterocycles. The Kier molecular flexibility index (Phi) is 5.10. The molecule has 7 nitrogen and oxygen atoms in total. The highest BCUT2D eigenvalue weighted by Crippen LogP contribution is 2.17. The third-order valence-corrected chi connectivity index (χ3v) is 4.09. The van der Waals surface area contributed by atoms with Gasteiger partial charge in [0, 0.05) is 24.8 Å². The van der Waals surface area contributed by atoms with Crippen molar-refractivity contribution in [2.45, 2.75) is 20.3 Å². The van der Waals surface area contributed by atoms with Crippen LogP contribution in [-0.2, 0) is 4.79 Å². The van der Waals surface area contributed by atoms with Crippen LogP contribution in [-0.4, -0.2) is 47.1 Å². The number of rotatable bonds is 6. The van der Waals surface area contributed by atoms with Gasteiger partial charge >= 0.3 is 0 Å². The highest BCUT2D eigenvalue weighted by molar-refractivity contribution is 5.90. The van der Waals surface area contributed by atoms with Crippen LogP contribution < -0.4 is 10.6 Å². The fourth-order valence-corrected chi connectivity index (χ4v) is 2.92. The molecule has 2 aromatic heterocycles. The lowest BCUT2D eigenvalue weighted by Gasteiger charge is -2.15. The van der Waals surface area contributed by atoms with Gasteiger partial charge in [0.25, 0.3) is 0 Å². The first kappa shape index (κ1) is 16.4. The normalized spacial score (nSPS) is 17.8. The van der Waals surface area contributed by atoms with Crippen LogP contribution in [0.3, 0.4) is 0 Å². The number of aromatic nitrogens is 2. The zero-order valence-electron chi connectivity index (χ0n) is 14.1. The molecule has 1 aliphatic rings. The van der Waals surface area contributed by atoms with E-state index in [1.165, 1.54) is 0 Å². The van der Waals surface area contributed by atoms with Crippen LogP contribution in [0.1, 0.15) is 17.8 Å². The second-order valence-corrected chi connectivity index (χ2v) is 6.32. The van der Waals surface area contributed by atoms with Crippen molar-refractivity contribution < 1.29 is 9.32 Å². The first-order chi connectivity index (χ1) is 11.6. The maximum atomic E-state index is 12.0. The standard InChI is InChI=1S/C17H23N5O2/c1-12-4-3-5-15(19-12)18-9-14-6-7-22(10-14)11-16(23)20-17-8-13(2)21-24-17/h3-5,8,14H,6-7,9-11H2,1-2H3,(H,18,19)(H,20,23)/t14-/m1/s1. The molecule has 1 fully saturated rings. The minimum Gasteiger partial charge on any atom is -0.370 e. The molecule has 1 amide bonds. The van der Waals surface area contributed by atoms with Crippen molar-refractivity contribution in [1.29, 1.82) is 0 Å². The third-order valence-electron chi connectivity index (χ3n) is 4.09. The average molecular weight is 329 g/mol. The van der Waals surface area contributed by atoms with E-state index in [0.717, 1.165) is 43.3 Å². The number of aryl methyl sites for hydroxylation is 2. The Balaban J connectivity index is 1.41. The molecule has 0 radical (unpaired) electrons. The largest absolute Gasteiger partial charge is 0.370 e. The van der Waals surface area contributed by atoms with E-state index in [4.69, 9.17) is 4.52 Å². The lowest BCUT2D eigenvalue weighted by Crippen LogP contribution is -2.32. The number of amides is 1. The summed E-state index contributed by atoms with van der Waals surface area (Å²) in [7, 11) is 0. The van der Waals surface area contributed by atoms with Crippen molar-refractivity contribution in [1.82, 2.24) is 15.0 Å². The third kappa shape index (κ3) is 4.55. The van der Waals surface area contributed by atoms with Gasteiger partial charge in [0.2, 0.25) is 11.8 Å². The van der Waals surface area contributed by atoms with Crippen molar-refractivity contribution >= 4 is 17.6 Å². The van der Waals surface area contributed by atoms with Crippen LogP contribution in [0.5, 0.6) is 0 Å². The molecule has 0 unspecified atom stereocenters. The van der Waals surface area contributed by atoms with Gasteiger partial charge in [0.1, 0.15) is 5.82 Å². The van der Waals surface area contributed by atoms with E-state index in [0.29, 0.717) is 18.3 Å². The number of carbonyl (C=O) groups is 1. The first-order valence-corrected chi connectivity index (χ1v) is 8.21. The van der Waals surface area contributed by atoms with Gasteiger partial charge in [-0.3, -0.25) is 15.0 Å². The predicted octanol–water partition coefficient (Wildman–Crippen LogP) is 2.06. The summed E-state index contributed by atoms with van der Waals surface area (Å²) in [4.78, 5) is 18.6. The predicted molar refractivity (Wildman–Crippen MR) is 91.9 cm³/mol. The summed E-state index contributed by atoms with van der Waals surface area (Å²) in [5.74, 6) is 1.76. The number of anilines is 2. The maximum Gasteiger partial charge on any atom is 0.240 e. The van der Waals surface area contributed by atoms with Crippen LogP contribution in [0.15, 0.2) is 28.8 Å². The molecule has 0 saturated carbocycles. The summed E-state index contributed by atoms with van der Waals surface area (Å²) >= 11 is 0. The summed E-state index contributed by atoms with van der Waals surface area (Å²) in [6.45, 7) is 6.88. The molecule has 2 N–H and O–H groups in total. The molecule has 2 aromatic rings. The Morgan fingerprint density at radius 1 is 1.38 bits per heavy atom. The molecule has 0 spiro atoms. The molecular weight excluding hydrogens is 306 g/mol. The Hall–Kier alpha value is -2.41. The molecule has 3 heterocycles. The second kappa shape index (κ2) is 7.44. The number of hydrogen-bond donors (Lipinski definition) is 2. The summed E-state index contributed by atoms with van der Waals surface area (Å²) in [5, 5.41) is 9.87. The van der Waals surface area contributed by atoms with Crippen LogP contribution in [0, 0.1) is 19.8 Å². The maximum absolute atomic E-state index is 12.0. The Morgan fingerprint density at radius 2 is 2.25 bits per heavy atom. The summed E-state index contributed by atoms with van der Waals surface area (Å²) < 4.78 is 5.00. The lowest BCUT2D eigenvalue weighted by atomic mass is 10.1. The number of carbonyl (C=O) groups excluding carboxylic acids is 1. The molecule has 1 aliphatic heterocycles. The van der Waals surface area contributed by atoms with Gasteiger partial charge < -0.3 is 9.84 Å². The van der Waals surface area contributed by atoms with Crippen LogP contribution in [0.2, 0.25) is 0 Å². The van der Waals surface area contributed by atoms with E-state index in [9.17, 15) is 4.79 Å². The van der Waals surface area contributed by atoms with Gasteiger partial charge in [0.15, 0.2) is 0 Å². The zero-order chi connectivity index (χ0) is 16.9. The number of nitrogens with zero attached hydrogens (tertiary/aromatic N) is 3. The molecule has 0 aromatic carbocycles. The van der Waals surface area contributed by atoms with Gasteiger partial charge in [-0.05, 0) is 44.9 Å². The van der Waals surface area contributed by atoms with Gasteiger partial charge in [-0.1, -0.05) is 11.2 Å². The van der Waals surface area contributed by atoms with E-state index < -0.39 is 0 Å². The fraction of sp³-hybridized carbons (Fsp3) is 0.471. The van der Waals surface area contributed by atoms with Crippen LogP contribution >= 0.6 is 0 Å². The van der Waals surface area contributed by atoms with E-state index in [2.05, 4.69) is 25.7 Å². The van der Waals surface area contributed by atoms with Crippen molar-refractivity contribution in [2.24, 2.45) is 5.92 Å². The first-order valence-electron chi connectivity index (χ1n) is 8.21. The van der Waals surface area contributed by atoms with Gasteiger partial charge in [-0.15, -0.1) is 0 Å². The van der Waals surface area contributed by atoms with E-state index in [1.807, 2.05) is 32.0 Å². The van der Waals surface area contributed by atoms with Gasteiger partial charge in [-0.2, -0.15) is 0 Å². The number of hydrogen-bond acceptors (Lipinski definition) is 6. The zero-order valence-corrected chi connectivity index (χ0v) is 14.1. The molecule has 0 bridgehead atoms. The summed E-state index contributed by atoms with van der Waals surface area (Å²) in [6.07, 6.45) is 1.08. The quantitative estimate of drug-likeness (QED) is 0.844. The minimum absolute atomic E-state index is 0.0693. The smallest absolute Gasteiger partial charge is 0.240 e. The molecular formula is C17H23N5O2. The SMILES string of the molecule is Cc1cc(NC(=O)CN2CC[C@H](CNc3cccc(C)n3)C2)on1. The molecule has 1 atom stereocenters. The van der Waals surface area contributed by atoms with E-state index in [1.54, 1.807) is 6.07 Å². The fourth-order valence-electron chi connectivity index (χ4n) is 2.92. The van der Waals surface area contributed by atoms with Crippen molar-refractivity contribution in [3.8, 4) is 0 Å². The number of likely N-dealkylation sites (tertiary alicyclic amines) is 1. The summed E-state index contributed by atoms with van der Waals surface area (Å²) in [5.41, 5.74) is 1.76. The average Bonchev–Trinajstić information content (AvgIpc) is 3.14. The van der Waals surface area contributed by atoms with Crippen LogP contribution in [0.4, 0.5) is 11.7 Å². The number of pyridine rings is 1. The molecule has 0 aliphatic carbocycles. The topological polar surface area (TPSA) is 83.3 Å². The highest BCUT2D eigenvalue weighted by Gasteiger charge is 2.24. The van der Waals surface area contributed by atoms with Crippen molar-refractivity contribution in [2.75, 3.05) is 36.8 Å². The second-order valence-electron chi connectivity index (χ2n) is 6.32. The number of nitrogens with one attached hydrogen (secondary N) is 2. The Morgan fingerprint density at radius 3 is 3.00 bits per heavy atom. The molecule has 7 heteroatoms. The monoisotopic (exact) mass is 329 g/mol. The molecule has 128 valence electrons. The summed E-state index contributed by atoms with van der Waals surface area (Å²) in [6, 6.07) is 7.67. The van der Waals surface area contributed by atoms with E-state index >= 15 is 0 Å². The van der Waals surface area contributed by atoms with Crippen molar-refractivity contribution in [3.05, 3.63) is 35.7 Å². The molecule has 3 rings (SSSR count).